The topological polar surface area (TPSA) is 88.5 Å². The highest BCUT2D eigenvalue weighted by Crippen LogP contribution is 2.35. The Bertz CT molecular complexity index is 947. The van der Waals surface area contributed by atoms with Crippen LogP contribution in [-0.4, -0.2) is 48.8 Å². The van der Waals surface area contributed by atoms with Gasteiger partial charge in [0.1, 0.15) is 5.69 Å². The van der Waals surface area contributed by atoms with Crippen LogP contribution in [0, 0.1) is 0 Å². The van der Waals surface area contributed by atoms with Crippen molar-refractivity contribution >= 4 is 11.9 Å². The van der Waals surface area contributed by atoms with E-state index in [2.05, 4.69) is 35.6 Å². The van der Waals surface area contributed by atoms with Gasteiger partial charge in [-0.2, -0.15) is 28.1 Å². The molecule has 0 radical (unpaired) electrons. The number of hydrogen-bond donors (Lipinski definition) is 2. The zero-order chi connectivity index (χ0) is 24.6. The Kier molecular flexibility index (Phi) is 6.51. The minimum atomic E-state index is -4.74. The predicted octanol–water partition coefficient (Wildman–Crippen LogP) is 5.33. The van der Waals surface area contributed by atoms with Crippen molar-refractivity contribution in [3.8, 4) is 11.5 Å². The second-order valence-electron chi connectivity index (χ2n) is 8.64. The summed E-state index contributed by atoms with van der Waals surface area (Å²) in [5.74, 6) is -5.79. The van der Waals surface area contributed by atoms with Crippen LogP contribution in [0.2, 0.25) is 0 Å². The van der Waals surface area contributed by atoms with E-state index in [1.807, 2.05) is 0 Å². The van der Waals surface area contributed by atoms with Gasteiger partial charge in [0.15, 0.2) is 11.5 Å². The van der Waals surface area contributed by atoms with Crippen LogP contribution in [0.15, 0.2) is 12.4 Å². The Morgan fingerprint density at radius 3 is 1.62 bits per heavy atom. The van der Waals surface area contributed by atoms with Crippen molar-refractivity contribution in [3.63, 3.8) is 0 Å². The molecule has 2 fully saturated rings. The number of aromatic nitrogens is 5. The molecule has 0 bridgehead atoms. The summed E-state index contributed by atoms with van der Waals surface area (Å²) in [6.45, 7) is 0. The smallest absolute Gasteiger partial charge is 0.351 e. The molecule has 2 N–H and O–H groups in total. The van der Waals surface area contributed by atoms with Gasteiger partial charge < -0.3 is 10.6 Å². The van der Waals surface area contributed by atoms with Gasteiger partial charge in [-0.25, -0.2) is 22.5 Å². The lowest BCUT2D eigenvalue weighted by Gasteiger charge is -2.30. The fraction of sp³-hybridized carbons (Fsp3) is 0.650. The number of halogens is 7. The number of anilines is 2. The lowest BCUT2D eigenvalue weighted by molar-refractivity contribution is -0.141. The molecule has 4 rings (SSSR count). The molecule has 0 unspecified atom stereocenters. The third kappa shape index (κ3) is 6.20. The van der Waals surface area contributed by atoms with E-state index in [1.54, 1.807) is 0 Å². The van der Waals surface area contributed by atoms with Crippen LogP contribution in [-0.2, 0) is 6.18 Å². The normalized spacial score (nSPS) is 21.3. The first-order valence-electron chi connectivity index (χ1n) is 10.8. The zero-order valence-corrected chi connectivity index (χ0v) is 17.8. The standard InChI is InChI=1S/C20H22F7N7/c21-18(22)5-1-11(2-6-18)29-16-32-15(13-9-28-10-14(31-13)20(25,26)27)33-17(34-16)30-12-3-7-19(23,24)8-4-12/h9-12H,1-8H2,(H2,29,30,32,33,34). The highest BCUT2D eigenvalue weighted by molar-refractivity contribution is 5.53. The van der Waals surface area contributed by atoms with Gasteiger partial charge >= 0.3 is 6.18 Å². The van der Waals surface area contributed by atoms with Gasteiger partial charge in [-0.15, -0.1) is 0 Å². The average Bonchev–Trinajstić information content (AvgIpc) is 2.76. The molecule has 2 aromatic heterocycles. The number of rotatable bonds is 5. The first kappa shape index (κ1) is 24.3. The summed E-state index contributed by atoms with van der Waals surface area (Å²) in [6.07, 6.45) is -3.78. The van der Waals surface area contributed by atoms with Gasteiger partial charge in [0.25, 0.3) is 0 Å². The highest BCUT2D eigenvalue weighted by Gasteiger charge is 2.37. The lowest BCUT2D eigenvalue weighted by Crippen LogP contribution is -2.33. The molecule has 34 heavy (non-hydrogen) atoms. The molecule has 0 atom stereocenters. The number of nitrogens with zero attached hydrogens (tertiary/aromatic N) is 5. The van der Waals surface area contributed by atoms with Crippen molar-refractivity contribution in [1.29, 1.82) is 0 Å². The van der Waals surface area contributed by atoms with Crippen molar-refractivity contribution in [2.45, 2.75) is 81.5 Å². The monoisotopic (exact) mass is 493 g/mol. The van der Waals surface area contributed by atoms with E-state index in [0.29, 0.717) is 6.20 Å². The molecule has 0 aliphatic heterocycles. The van der Waals surface area contributed by atoms with Gasteiger partial charge in [0.2, 0.25) is 23.7 Å². The third-order valence-electron chi connectivity index (χ3n) is 5.89. The van der Waals surface area contributed by atoms with Crippen LogP contribution in [0.3, 0.4) is 0 Å². The fourth-order valence-corrected chi connectivity index (χ4v) is 3.96. The molecular weight excluding hydrogens is 471 g/mol. The van der Waals surface area contributed by atoms with E-state index in [4.69, 9.17) is 0 Å². The highest BCUT2D eigenvalue weighted by atomic mass is 19.4. The van der Waals surface area contributed by atoms with Crippen molar-refractivity contribution in [1.82, 2.24) is 24.9 Å². The number of alkyl halides is 7. The SMILES string of the molecule is FC1(F)CCC(Nc2nc(NC3CCC(F)(F)CC3)nc(-c3cncc(C(F)(F)F)n3)n2)CC1. The van der Waals surface area contributed by atoms with E-state index >= 15 is 0 Å². The Labute approximate surface area is 190 Å². The van der Waals surface area contributed by atoms with Gasteiger partial charge in [0.05, 0.1) is 12.4 Å². The number of nitrogens with one attached hydrogen (secondary N) is 2. The zero-order valence-electron chi connectivity index (χ0n) is 17.8. The lowest BCUT2D eigenvalue weighted by atomic mass is 9.92. The maximum absolute atomic E-state index is 13.5. The van der Waals surface area contributed by atoms with Crippen LogP contribution in [0.25, 0.3) is 11.5 Å². The first-order chi connectivity index (χ1) is 15.9. The molecule has 14 heteroatoms. The molecule has 2 aromatic rings. The summed E-state index contributed by atoms with van der Waals surface area (Å²) in [4.78, 5) is 19.5. The van der Waals surface area contributed by atoms with E-state index in [0.717, 1.165) is 6.20 Å². The molecule has 2 saturated carbocycles. The van der Waals surface area contributed by atoms with Crippen LogP contribution < -0.4 is 10.6 Å². The van der Waals surface area contributed by atoms with E-state index in [1.165, 1.54) is 0 Å². The minimum Gasteiger partial charge on any atom is -0.351 e. The molecule has 7 nitrogen and oxygen atoms in total. The minimum absolute atomic E-state index is 0.0388. The Hall–Kier alpha value is -2.80. The van der Waals surface area contributed by atoms with Gasteiger partial charge in [0, 0.05) is 37.8 Å². The Morgan fingerprint density at radius 1 is 0.706 bits per heavy atom. The summed E-state index contributed by atoms with van der Waals surface area (Å²) < 4.78 is 93.2. The average molecular weight is 493 g/mol. The molecule has 0 aromatic carbocycles. The summed E-state index contributed by atoms with van der Waals surface area (Å²) in [5.41, 5.74) is -1.51. The Morgan fingerprint density at radius 2 is 1.18 bits per heavy atom. The summed E-state index contributed by atoms with van der Waals surface area (Å²) in [7, 11) is 0. The molecule has 0 amide bonds. The molecule has 2 aliphatic rings. The van der Waals surface area contributed by atoms with Crippen molar-refractivity contribution < 1.29 is 30.7 Å². The first-order valence-corrected chi connectivity index (χ1v) is 10.8. The molecule has 2 aliphatic carbocycles. The van der Waals surface area contributed by atoms with Gasteiger partial charge in [-0.3, -0.25) is 4.98 Å². The molecule has 186 valence electrons. The quantitative estimate of drug-likeness (QED) is 0.545. The van der Waals surface area contributed by atoms with E-state index in [-0.39, 0.29) is 86.9 Å². The van der Waals surface area contributed by atoms with E-state index < -0.39 is 23.7 Å². The Balaban J connectivity index is 1.60. The predicted molar refractivity (Wildman–Crippen MR) is 108 cm³/mol. The van der Waals surface area contributed by atoms with Crippen molar-refractivity contribution in [3.05, 3.63) is 18.1 Å². The van der Waals surface area contributed by atoms with Crippen LogP contribution in [0.4, 0.5) is 42.6 Å². The van der Waals surface area contributed by atoms with Gasteiger partial charge in [-0.05, 0) is 25.7 Å². The molecule has 0 saturated heterocycles. The maximum Gasteiger partial charge on any atom is 0.434 e. The summed E-state index contributed by atoms with van der Waals surface area (Å²) >= 11 is 0. The second-order valence-corrected chi connectivity index (χ2v) is 8.64. The largest absolute Gasteiger partial charge is 0.434 e. The third-order valence-corrected chi connectivity index (χ3v) is 5.89. The van der Waals surface area contributed by atoms with Crippen LogP contribution in [0.5, 0.6) is 0 Å². The van der Waals surface area contributed by atoms with Crippen LogP contribution >= 0.6 is 0 Å². The number of hydrogen-bond acceptors (Lipinski definition) is 7. The van der Waals surface area contributed by atoms with Crippen molar-refractivity contribution in [2.75, 3.05) is 10.6 Å². The molecule has 0 spiro atoms. The van der Waals surface area contributed by atoms with Crippen LogP contribution in [0.1, 0.15) is 57.1 Å². The summed E-state index contributed by atoms with van der Waals surface area (Å²) in [6, 6.07) is -0.743. The van der Waals surface area contributed by atoms with Gasteiger partial charge in [-0.1, -0.05) is 0 Å². The van der Waals surface area contributed by atoms with Crippen molar-refractivity contribution in [2.24, 2.45) is 0 Å². The van der Waals surface area contributed by atoms with E-state index in [9.17, 15) is 30.7 Å². The molecule has 2 heterocycles. The molecular formula is C20H22F7N7. The fourth-order valence-electron chi connectivity index (χ4n) is 3.96. The second kappa shape index (κ2) is 9.10. The maximum atomic E-state index is 13.5. The summed E-state index contributed by atoms with van der Waals surface area (Å²) in [5, 5.41) is 5.88.